The van der Waals surface area contributed by atoms with Crippen LogP contribution in [-0.4, -0.2) is 47.1 Å². The molecule has 0 unspecified atom stereocenters. The Morgan fingerprint density at radius 1 is 1.20 bits per heavy atom. The highest BCUT2D eigenvalue weighted by Crippen LogP contribution is 2.38. The zero-order chi connectivity index (χ0) is 18.0. The molecule has 2 aromatic rings. The fraction of sp³-hybridized carbons (Fsp3) is 0.267. The van der Waals surface area contributed by atoms with E-state index in [1.807, 2.05) is 17.0 Å². The highest BCUT2D eigenvalue weighted by atomic mass is 35.5. The molecule has 0 spiro atoms. The number of primary amides is 1. The van der Waals surface area contributed by atoms with Gasteiger partial charge in [0.05, 0.1) is 16.2 Å². The first-order chi connectivity index (χ1) is 12.0. The maximum absolute atomic E-state index is 11.2. The first-order valence-corrected chi connectivity index (χ1v) is 9.06. The molecule has 3 rings (SSSR count). The quantitative estimate of drug-likeness (QED) is 0.823. The lowest BCUT2D eigenvalue weighted by atomic mass is 10.3. The lowest BCUT2D eigenvalue weighted by molar-refractivity contribution is 0.204. The molecule has 0 radical (unpaired) electrons. The van der Waals surface area contributed by atoms with E-state index < -0.39 is 6.03 Å². The summed E-state index contributed by atoms with van der Waals surface area (Å²) in [5, 5.41) is 1.49. The van der Waals surface area contributed by atoms with Crippen molar-refractivity contribution < 1.29 is 4.79 Å². The van der Waals surface area contributed by atoms with Gasteiger partial charge in [-0.25, -0.2) is 14.8 Å². The van der Waals surface area contributed by atoms with Crippen LogP contribution in [0.25, 0.3) is 0 Å². The lowest BCUT2D eigenvalue weighted by Crippen LogP contribution is -2.50. The van der Waals surface area contributed by atoms with Gasteiger partial charge in [0, 0.05) is 31.1 Å². The summed E-state index contributed by atoms with van der Waals surface area (Å²) in [7, 11) is 0. The molecule has 0 bridgehead atoms. The van der Waals surface area contributed by atoms with Crippen molar-refractivity contribution in [2.45, 2.75) is 9.92 Å². The summed E-state index contributed by atoms with van der Waals surface area (Å²) in [6.07, 6.45) is 1.66. The Hall–Kier alpha value is -1.90. The molecule has 2 amide bonds. The van der Waals surface area contributed by atoms with Crippen LogP contribution in [0.15, 0.2) is 34.3 Å². The maximum Gasteiger partial charge on any atom is 0.314 e. The fourth-order valence-corrected chi connectivity index (χ4v) is 3.72. The third-order valence-electron chi connectivity index (χ3n) is 3.79. The van der Waals surface area contributed by atoms with E-state index in [9.17, 15) is 4.79 Å². The minimum absolute atomic E-state index is 0.316. The van der Waals surface area contributed by atoms with Crippen LogP contribution in [0, 0.1) is 0 Å². The molecule has 1 aliphatic heterocycles. The number of benzene rings is 1. The van der Waals surface area contributed by atoms with Crippen molar-refractivity contribution in [2.75, 3.05) is 36.8 Å². The van der Waals surface area contributed by atoms with Crippen LogP contribution in [0.4, 0.5) is 16.4 Å². The average molecular weight is 399 g/mol. The molecule has 1 aliphatic rings. The summed E-state index contributed by atoms with van der Waals surface area (Å²) in [5.41, 5.74) is 11.3. The molecule has 0 aliphatic carbocycles. The van der Waals surface area contributed by atoms with Crippen molar-refractivity contribution in [2.24, 2.45) is 5.73 Å². The van der Waals surface area contributed by atoms with Crippen molar-refractivity contribution >= 4 is 52.6 Å². The number of carbonyl (C=O) groups is 1. The second-order valence-corrected chi connectivity index (χ2v) is 7.20. The summed E-state index contributed by atoms with van der Waals surface area (Å²) in [5.74, 6) is 0.985. The second kappa shape index (κ2) is 7.55. The van der Waals surface area contributed by atoms with E-state index in [1.165, 1.54) is 11.8 Å². The highest BCUT2D eigenvalue weighted by molar-refractivity contribution is 7.99. The molecule has 25 heavy (non-hydrogen) atoms. The average Bonchev–Trinajstić information content (AvgIpc) is 2.60. The predicted molar refractivity (Wildman–Crippen MR) is 100 cm³/mol. The van der Waals surface area contributed by atoms with E-state index in [0.717, 1.165) is 4.90 Å². The Morgan fingerprint density at radius 2 is 1.92 bits per heavy atom. The molecule has 0 atom stereocenters. The summed E-state index contributed by atoms with van der Waals surface area (Å²) in [6, 6.07) is 4.97. The number of hydrogen-bond acceptors (Lipinski definition) is 6. The molecular weight excluding hydrogens is 383 g/mol. The largest absolute Gasteiger partial charge is 0.381 e. The Morgan fingerprint density at radius 3 is 2.56 bits per heavy atom. The molecule has 0 saturated carbocycles. The number of nitrogen functional groups attached to an aromatic ring is 1. The zero-order valence-electron chi connectivity index (χ0n) is 13.2. The Balaban J connectivity index is 1.73. The van der Waals surface area contributed by atoms with Crippen LogP contribution in [0.5, 0.6) is 0 Å². The van der Waals surface area contributed by atoms with Gasteiger partial charge in [0.25, 0.3) is 0 Å². The Bertz CT molecular complexity index is 798. The van der Waals surface area contributed by atoms with E-state index in [4.69, 9.17) is 34.7 Å². The van der Waals surface area contributed by atoms with Crippen LogP contribution in [0.3, 0.4) is 0 Å². The van der Waals surface area contributed by atoms with Gasteiger partial charge in [0.2, 0.25) is 0 Å². The number of nitrogens with zero attached hydrogens (tertiary/aromatic N) is 4. The van der Waals surface area contributed by atoms with Crippen molar-refractivity contribution in [3.05, 3.63) is 34.4 Å². The molecule has 4 N–H and O–H groups in total. The zero-order valence-corrected chi connectivity index (χ0v) is 15.5. The smallest absolute Gasteiger partial charge is 0.314 e. The van der Waals surface area contributed by atoms with Crippen LogP contribution in [0.1, 0.15) is 0 Å². The van der Waals surface area contributed by atoms with Gasteiger partial charge in [-0.05, 0) is 12.1 Å². The van der Waals surface area contributed by atoms with Crippen LogP contribution >= 0.6 is 35.0 Å². The SMILES string of the molecule is NC(=O)N1CCN(c2cnc(Sc3cccc(Cl)c3Cl)c(N)n2)CC1. The van der Waals surface area contributed by atoms with E-state index >= 15 is 0 Å². The molecule has 10 heteroatoms. The number of halogens is 2. The highest BCUT2D eigenvalue weighted by Gasteiger charge is 2.21. The van der Waals surface area contributed by atoms with Gasteiger partial charge in [-0.3, -0.25) is 0 Å². The van der Waals surface area contributed by atoms with E-state index in [0.29, 0.717) is 52.9 Å². The molecule has 2 heterocycles. The molecule has 1 fully saturated rings. The first-order valence-electron chi connectivity index (χ1n) is 7.49. The fourth-order valence-electron chi connectivity index (χ4n) is 2.44. The number of urea groups is 1. The van der Waals surface area contributed by atoms with Gasteiger partial charge in [-0.2, -0.15) is 0 Å². The second-order valence-electron chi connectivity index (χ2n) is 5.38. The van der Waals surface area contributed by atoms with Gasteiger partial charge in [-0.1, -0.05) is 41.0 Å². The number of anilines is 2. The number of amides is 2. The van der Waals surface area contributed by atoms with Crippen molar-refractivity contribution in [1.29, 1.82) is 0 Å². The van der Waals surface area contributed by atoms with Crippen LogP contribution in [0.2, 0.25) is 10.0 Å². The number of piperazine rings is 1. The van der Waals surface area contributed by atoms with Gasteiger partial charge in [0.15, 0.2) is 5.82 Å². The van der Waals surface area contributed by atoms with Crippen molar-refractivity contribution in [3.63, 3.8) is 0 Å². The van der Waals surface area contributed by atoms with Gasteiger partial charge in [0.1, 0.15) is 10.8 Å². The monoisotopic (exact) mass is 398 g/mol. The standard InChI is InChI=1S/C15H16Cl2N6OS/c16-9-2-1-3-10(12(9)17)25-14-13(18)21-11(8-20-14)22-4-6-23(7-5-22)15(19)24/h1-3,8H,4-7H2,(H2,18,21)(H2,19,24). The Labute approximate surface area is 159 Å². The Kier molecular flexibility index (Phi) is 5.41. The van der Waals surface area contributed by atoms with Crippen molar-refractivity contribution in [3.8, 4) is 0 Å². The van der Waals surface area contributed by atoms with Gasteiger partial charge >= 0.3 is 6.03 Å². The molecular formula is C15H16Cl2N6OS. The third-order valence-corrected chi connectivity index (χ3v) is 5.79. The van der Waals surface area contributed by atoms with E-state index in [-0.39, 0.29) is 0 Å². The first kappa shape index (κ1) is 17.9. The number of rotatable bonds is 3. The number of carbonyl (C=O) groups excluding carboxylic acids is 1. The van der Waals surface area contributed by atoms with Crippen LogP contribution in [-0.2, 0) is 0 Å². The third kappa shape index (κ3) is 4.02. The number of aromatic nitrogens is 2. The van der Waals surface area contributed by atoms with Crippen LogP contribution < -0.4 is 16.4 Å². The number of nitrogens with two attached hydrogens (primary N) is 2. The van der Waals surface area contributed by atoms with Gasteiger partial charge < -0.3 is 21.3 Å². The van der Waals surface area contributed by atoms with E-state index in [2.05, 4.69) is 9.97 Å². The van der Waals surface area contributed by atoms with E-state index in [1.54, 1.807) is 17.2 Å². The minimum atomic E-state index is -0.407. The normalized spacial score (nSPS) is 14.6. The maximum atomic E-state index is 11.2. The molecule has 1 aromatic carbocycles. The number of hydrogen-bond donors (Lipinski definition) is 2. The summed E-state index contributed by atoms with van der Waals surface area (Å²) in [6.45, 7) is 2.35. The summed E-state index contributed by atoms with van der Waals surface area (Å²) >= 11 is 13.5. The molecule has 7 nitrogen and oxygen atoms in total. The predicted octanol–water partition coefficient (Wildman–Crippen LogP) is 2.72. The molecule has 1 saturated heterocycles. The van der Waals surface area contributed by atoms with Gasteiger partial charge in [-0.15, -0.1) is 0 Å². The molecule has 132 valence electrons. The molecule has 1 aromatic heterocycles. The van der Waals surface area contributed by atoms with Crippen molar-refractivity contribution in [1.82, 2.24) is 14.9 Å². The summed E-state index contributed by atoms with van der Waals surface area (Å²) in [4.78, 5) is 24.4. The summed E-state index contributed by atoms with van der Waals surface area (Å²) < 4.78 is 0. The minimum Gasteiger partial charge on any atom is -0.381 e. The lowest BCUT2D eigenvalue weighted by Gasteiger charge is -2.34. The topological polar surface area (TPSA) is 101 Å².